The van der Waals surface area contributed by atoms with Gasteiger partial charge < -0.3 is 9.84 Å². The number of carbonyl (C=O) groups is 1. The zero-order valence-corrected chi connectivity index (χ0v) is 10.9. The van der Waals surface area contributed by atoms with Crippen LogP contribution in [0.25, 0.3) is 0 Å². The quantitative estimate of drug-likeness (QED) is 0.869. The van der Waals surface area contributed by atoms with Crippen LogP contribution in [0.1, 0.15) is 11.1 Å². The molecule has 1 N–H and O–H groups in total. The van der Waals surface area contributed by atoms with E-state index in [-0.39, 0.29) is 31.9 Å². The van der Waals surface area contributed by atoms with Gasteiger partial charge in [0.05, 0.1) is 18.8 Å². The fourth-order valence-corrected chi connectivity index (χ4v) is 2.19. The van der Waals surface area contributed by atoms with E-state index in [9.17, 15) is 22.4 Å². The molecule has 1 aromatic carbocycles. The van der Waals surface area contributed by atoms with Crippen molar-refractivity contribution in [3.8, 4) is 0 Å². The lowest BCUT2D eigenvalue weighted by Gasteiger charge is -2.32. The Morgan fingerprint density at radius 1 is 1.38 bits per heavy atom. The van der Waals surface area contributed by atoms with Crippen molar-refractivity contribution in [1.29, 1.82) is 0 Å². The normalized spacial score (nSPS) is 20.5. The van der Waals surface area contributed by atoms with Crippen molar-refractivity contribution < 1.29 is 32.2 Å². The van der Waals surface area contributed by atoms with Crippen LogP contribution in [0.15, 0.2) is 18.2 Å². The van der Waals surface area contributed by atoms with Gasteiger partial charge in [-0.15, -0.1) is 0 Å². The Bertz CT molecular complexity index is 533. The van der Waals surface area contributed by atoms with Gasteiger partial charge >= 0.3 is 12.1 Å². The van der Waals surface area contributed by atoms with Gasteiger partial charge in [0.15, 0.2) is 0 Å². The zero-order valence-electron chi connectivity index (χ0n) is 10.9. The second-order valence-electron chi connectivity index (χ2n) is 4.75. The van der Waals surface area contributed by atoms with Crippen molar-refractivity contribution in [1.82, 2.24) is 4.90 Å². The van der Waals surface area contributed by atoms with Crippen LogP contribution in [-0.4, -0.2) is 41.8 Å². The van der Waals surface area contributed by atoms with Crippen LogP contribution < -0.4 is 0 Å². The summed E-state index contributed by atoms with van der Waals surface area (Å²) in [4.78, 5) is 12.5. The maximum atomic E-state index is 13.3. The molecule has 1 fully saturated rings. The number of morpholine rings is 1. The molecule has 0 saturated carbocycles. The van der Waals surface area contributed by atoms with Gasteiger partial charge in [-0.05, 0) is 23.8 Å². The number of rotatable bonds is 3. The van der Waals surface area contributed by atoms with Crippen molar-refractivity contribution in [2.75, 3.05) is 19.8 Å². The molecule has 21 heavy (non-hydrogen) atoms. The fraction of sp³-hybridized carbons (Fsp3) is 0.462. The molecule has 0 aromatic heterocycles. The first kappa shape index (κ1) is 15.7. The van der Waals surface area contributed by atoms with Crippen molar-refractivity contribution in [2.24, 2.45) is 0 Å². The van der Waals surface area contributed by atoms with Gasteiger partial charge in [0.25, 0.3) is 0 Å². The molecule has 1 atom stereocenters. The summed E-state index contributed by atoms with van der Waals surface area (Å²) in [5.74, 6) is -2.12. The monoisotopic (exact) mass is 307 g/mol. The minimum Gasteiger partial charge on any atom is -0.480 e. The fourth-order valence-electron chi connectivity index (χ4n) is 2.19. The Morgan fingerprint density at radius 2 is 2.10 bits per heavy atom. The van der Waals surface area contributed by atoms with Gasteiger partial charge in [0, 0.05) is 13.1 Å². The van der Waals surface area contributed by atoms with Crippen LogP contribution in [-0.2, 0) is 22.3 Å². The number of nitrogens with zero attached hydrogens (tertiary/aromatic N) is 1. The number of halogens is 4. The van der Waals surface area contributed by atoms with Crippen LogP contribution in [0.4, 0.5) is 17.6 Å². The number of alkyl halides is 3. The third kappa shape index (κ3) is 3.92. The van der Waals surface area contributed by atoms with Crippen molar-refractivity contribution in [3.05, 3.63) is 35.1 Å². The van der Waals surface area contributed by atoms with Crippen LogP contribution in [0, 0.1) is 5.82 Å². The Morgan fingerprint density at radius 3 is 2.71 bits per heavy atom. The van der Waals surface area contributed by atoms with E-state index in [4.69, 9.17) is 9.84 Å². The topological polar surface area (TPSA) is 49.8 Å². The molecule has 1 unspecified atom stereocenters. The zero-order chi connectivity index (χ0) is 15.6. The van der Waals surface area contributed by atoms with Gasteiger partial charge in [-0.2, -0.15) is 13.2 Å². The highest BCUT2D eigenvalue weighted by atomic mass is 19.4. The Balaban J connectivity index is 2.22. The molecule has 0 amide bonds. The predicted octanol–water partition coefficient (Wildman–Crippen LogP) is 2.13. The van der Waals surface area contributed by atoms with Gasteiger partial charge in [-0.25, -0.2) is 4.39 Å². The molecule has 1 saturated heterocycles. The third-order valence-electron chi connectivity index (χ3n) is 3.19. The van der Waals surface area contributed by atoms with E-state index in [1.165, 1.54) is 4.90 Å². The second kappa shape index (κ2) is 5.98. The predicted molar refractivity (Wildman–Crippen MR) is 64.1 cm³/mol. The summed E-state index contributed by atoms with van der Waals surface area (Å²) in [5.41, 5.74) is -1.01. The second-order valence-corrected chi connectivity index (χ2v) is 4.75. The minimum atomic E-state index is -4.64. The molecule has 2 rings (SSSR count). The maximum absolute atomic E-state index is 13.3. The number of carboxylic acids is 1. The van der Waals surface area contributed by atoms with Gasteiger partial charge in [0.2, 0.25) is 0 Å². The van der Waals surface area contributed by atoms with Crippen molar-refractivity contribution >= 4 is 5.97 Å². The molecule has 0 radical (unpaired) electrons. The molecule has 1 aromatic rings. The molecular weight excluding hydrogens is 294 g/mol. The Kier molecular flexibility index (Phi) is 4.48. The van der Waals surface area contributed by atoms with E-state index in [1.807, 2.05) is 0 Å². The lowest BCUT2D eigenvalue weighted by molar-refractivity contribution is -0.150. The first-order valence-corrected chi connectivity index (χ1v) is 6.18. The molecule has 1 aliphatic heterocycles. The summed E-state index contributed by atoms with van der Waals surface area (Å²) in [5, 5.41) is 9.05. The largest absolute Gasteiger partial charge is 0.480 e. The number of carboxylic acid groups (broad SMARTS) is 1. The first-order chi connectivity index (χ1) is 9.77. The molecular formula is C13H13F4NO3. The van der Waals surface area contributed by atoms with Crippen LogP contribution in [0.3, 0.4) is 0 Å². The summed E-state index contributed by atoms with van der Waals surface area (Å²) in [7, 11) is 0. The van der Waals surface area contributed by atoms with Crippen LogP contribution in [0.5, 0.6) is 0 Å². The van der Waals surface area contributed by atoms with E-state index < -0.39 is 29.6 Å². The third-order valence-corrected chi connectivity index (χ3v) is 3.19. The molecule has 0 bridgehead atoms. The van der Waals surface area contributed by atoms with E-state index in [0.717, 1.165) is 12.1 Å². The SMILES string of the molecule is O=C(O)C1COCCN1Cc1cc(F)cc(C(F)(F)F)c1. The van der Waals surface area contributed by atoms with Crippen LogP contribution >= 0.6 is 0 Å². The highest BCUT2D eigenvalue weighted by molar-refractivity contribution is 5.73. The summed E-state index contributed by atoms with van der Waals surface area (Å²) in [6, 6.07) is 1.27. The minimum absolute atomic E-state index is 0.0449. The average Bonchev–Trinajstić information content (AvgIpc) is 2.37. The Hall–Kier alpha value is -1.67. The molecule has 0 aliphatic carbocycles. The number of hydrogen-bond donors (Lipinski definition) is 1. The van der Waals surface area contributed by atoms with Crippen molar-refractivity contribution in [3.63, 3.8) is 0 Å². The van der Waals surface area contributed by atoms with E-state index >= 15 is 0 Å². The van der Waals surface area contributed by atoms with Crippen molar-refractivity contribution in [2.45, 2.75) is 18.8 Å². The number of benzene rings is 1. The van der Waals surface area contributed by atoms with Crippen LogP contribution in [0.2, 0.25) is 0 Å². The molecule has 116 valence electrons. The lowest BCUT2D eigenvalue weighted by atomic mass is 10.1. The molecule has 1 heterocycles. The standard InChI is InChI=1S/C13H13F4NO3/c14-10-4-8(3-9(5-10)13(15,16)17)6-18-1-2-21-7-11(18)12(19)20/h3-5,11H,1-2,6-7H2,(H,19,20). The maximum Gasteiger partial charge on any atom is 0.416 e. The highest BCUT2D eigenvalue weighted by Gasteiger charge is 2.33. The van der Waals surface area contributed by atoms with E-state index in [0.29, 0.717) is 6.07 Å². The number of ether oxygens (including phenoxy) is 1. The molecule has 8 heteroatoms. The van der Waals surface area contributed by atoms with Gasteiger partial charge in [-0.3, -0.25) is 9.69 Å². The number of aliphatic carboxylic acids is 1. The lowest BCUT2D eigenvalue weighted by Crippen LogP contribution is -2.49. The van der Waals surface area contributed by atoms with Gasteiger partial charge in [0.1, 0.15) is 11.9 Å². The summed E-state index contributed by atoms with van der Waals surface area (Å²) in [6.45, 7) is 0.415. The Labute approximate surface area is 117 Å². The summed E-state index contributed by atoms with van der Waals surface area (Å²) < 4.78 is 56.3. The highest BCUT2D eigenvalue weighted by Crippen LogP contribution is 2.30. The first-order valence-electron chi connectivity index (χ1n) is 6.18. The van der Waals surface area contributed by atoms with E-state index in [1.54, 1.807) is 0 Å². The average molecular weight is 307 g/mol. The number of hydrogen-bond acceptors (Lipinski definition) is 3. The molecule has 1 aliphatic rings. The molecule has 4 nitrogen and oxygen atoms in total. The van der Waals surface area contributed by atoms with E-state index in [2.05, 4.69) is 0 Å². The molecule has 0 spiro atoms. The summed E-state index contributed by atoms with van der Waals surface area (Å²) >= 11 is 0. The van der Waals surface area contributed by atoms with Gasteiger partial charge in [-0.1, -0.05) is 0 Å². The summed E-state index contributed by atoms with van der Waals surface area (Å²) in [6.07, 6.45) is -4.64. The smallest absolute Gasteiger partial charge is 0.416 e.